The molecule has 3 heteroatoms. The fraction of sp³-hybridized carbons (Fsp3) is 0.889. The average Bonchev–Trinajstić information content (AvgIpc) is 2.12. The summed E-state index contributed by atoms with van der Waals surface area (Å²) >= 11 is 0. The van der Waals surface area contributed by atoms with Crippen molar-refractivity contribution >= 4 is 5.97 Å². The van der Waals surface area contributed by atoms with Crippen LogP contribution < -0.4 is 5.73 Å². The Kier molecular flexibility index (Phi) is 5.72. The van der Waals surface area contributed by atoms with Gasteiger partial charge < -0.3 is 10.5 Å². The molecule has 0 saturated heterocycles. The predicted molar refractivity (Wildman–Crippen MR) is 48.7 cm³/mol. The smallest absolute Gasteiger partial charge is 0.308 e. The minimum Gasteiger partial charge on any atom is -0.469 e. The Bertz CT molecular complexity index is 136. The van der Waals surface area contributed by atoms with Crippen LogP contribution in [-0.2, 0) is 9.53 Å². The van der Waals surface area contributed by atoms with Gasteiger partial charge in [-0.05, 0) is 19.3 Å². The lowest BCUT2D eigenvalue weighted by atomic mass is 9.97. The normalized spacial score (nSPS) is 15.3. The molecular weight excluding hydrogens is 154 g/mol. The first-order valence-corrected chi connectivity index (χ1v) is 4.49. The van der Waals surface area contributed by atoms with Crippen LogP contribution in [-0.4, -0.2) is 19.1 Å². The van der Waals surface area contributed by atoms with Crippen LogP contribution in [0.5, 0.6) is 0 Å². The van der Waals surface area contributed by atoms with Gasteiger partial charge in [0.05, 0.1) is 13.0 Å². The van der Waals surface area contributed by atoms with Crippen molar-refractivity contribution in [1.82, 2.24) is 0 Å². The number of carbonyl (C=O) groups is 1. The lowest BCUT2D eigenvalue weighted by molar-refractivity contribution is -0.145. The molecule has 0 spiro atoms. The molecule has 0 fully saturated rings. The molecule has 0 aliphatic heterocycles. The van der Waals surface area contributed by atoms with E-state index in [2.05, 4.69) is 4.74 Å². The standard InChI is InChI=1S/C9H19NO2/c1-4-7(9(11)12-3)6-8(10)5-2/h7-8H,4-6,10H2,1-3H3. The second-order valence-electron chi connectivity index (χ2n) is 3.03. The molecule has 2 unspecified atom stereocenters. The third-order valence-corrected chi connectivity index (χ3v) is 2.14. The Balaban J connectivity index is 3.90. The van der Waals surface area contributed by atoms with Crippen LogP contribution in [0.2, 0.25) is 0 Å². The summed E-state index contributed by atoms with van der Waals surface area (Å²) in [6.07, 6.45) is 2.45. The molecule has 0 aliphatic carbocycles. The maximum Gasteiger partial charge on any atom is 0.308 e. The highest BCUT2D eigenvalue weighted by Gasteiger charge is 2.18. The second kappa shape index (κ2) is 6.00. The van der Waals surface area contributed by atoms with E-state index in [-0.39, 0.29) is 17.9 Å². The van der Waals surface area contributed by atoms with Gasteiger partial charge in [0, 0.05) is 6.04 Å². The highest BCUT2D eigenvalue weighted by atomic mass is 16.5. The maximum atomic E-state index is 11.1. The van der Waals surface area contributed by atoms with E-state index < -0.39 is 0 Å². The van der Waals surface area contributed by atoms with Gasteiger partial charge in [0.15, 0.2) is 0 Å². The quantitative estimate of drug-likeness (QED) is 0.638. The molecule has 0 bridgehead atoms. The van der Waals surface area contributed by atoms with E-state index in [9.17, 15) is 4.79 Å². The van der Waals surface area contributed by atoms with E-state index in [1.165, 1.54) is 7.11 Å². The lowest BCUT2D eigenvalue weighted by Crippen LogP contribution is -2.27. The molecule has 0 aromatic heterocycles. The molecule has 2 N–H and O–H groups in total. The van der Waals surface area contributed by atoms with Crippen molar-refractivity contribution in [3.8, 4) is 0 Å². The van der Waals surface area contributed by atoms with Crippen LogP contribution in [0.4, 0.5) is 0 Å². The zero-order chi connectivity index (χ0) is 9.56. The monoisotopic (exact) mass is 173 g/mol. The van der Waals surface area contributed by atoms with Gasteiger partial charge in [0.25, 0.3) is 0 Å². The van der Waals surface area contributed by atoms with E-state index >= 15 is 0 Å². The molecule has 0 aromatic carbocycles. The van der Waals surface area contributed by atoms with E-state index in [4.69, 9.17) is 5.73 Å². The molecule has 3 nitrogen and oxygen atoms in total. The highest BCUT2D eigenvalue weighted by molar-refractivity contribution is 5.72. The summed E-state index contributed by atoms with van der Waals surface area (Å²) in [5.41, 5.74) is 5.73. The third kappa shape index (κ3) is 3.72. The Morgan fingerprint density at radius 3 is 2.33 bits per heavy atom. The van der Waals surface area contributed by atoms with E-state index in [1.807, 2.05) is 13.8 Å². The SMILES string of the molecule is CCC(N)CC(CC)C(=O)OC. The van der Waals surface area contributed by atoms with Gasteiger partial charge in [0.2, 0.25) is 0 Å². The van der Waals surface area contributed by atoms with Crippen molar-refractivity contribution in [1.29, 1.82) is 0 Å². The molecule has 72 valence electrons. The summed E-state index contributed by atoms with van der Waals surface area (Å²) in [5, 5.41) is 0. The Labute approximate surface area is 74.3 Å². The molecule has 0 saturated carbocycles. The second-order valence-corrected chi connectivity index (χ2v) is 3.03. The Morgan fingerprint density at radius 1 is 1.42 bits per heavy atom. The lowest BCUT2D eigenvalue weighted by Gasteiger charge is -2.15. The first-order chi connectivity index (χ1) is 5.65. The van der Waals surface area contributed by atoms with Crippen molar-refractivity contribution in [3.05, 3.63) is 0 Å². The zero-order valence-corrected chi connectivity index (χ0v) is 8.17. The van der Waals surface area contributed by atoms with E-state index in [0.717, 1.165) is 19.3 Å². The maximum absolute atomic E-state index is 11.1. The summed E-state index contributed by atoms with van der Waals surface area (Å²) in [6, 6.07) is 0.119. The third-order valence-electron chi connectivity index (χ3n) is 2.14. The van der Waals surface area contributed by atoms with Crippen molar-refractivity contribution in [2.45, 2.75) is 39.2 Å². The fourth-order valence-corrected chi connectivity index (χ4v) is 1.13. The summed E-state index contributed by atoms with van der Waals surface area (Å²) < 4.78 is 4.65. The number of esters is 1. The zero-order valence-electron chi connectivity index (χ0n) is 8.17. The summed E-state index contributed by atoms with van der Waals surface area (Å²) in [6.45, 7) is 4.00. The first-order valence-electron chi connectivity index (χ1n) is 4.49. The number of carbonyl (C=O) groups excluding carboxylic acids is 1. The van der Waals surface area contributed by atoms with Crippen LogP contribution in [0.25, 0.3) is 0 Å². The van der Waals surface area contributed by atoms with E-state index in [1.54, 1.807) is 0 Å². The van der Waals surface area contributed by atoms with Crippen LogP contribution in [0.3, 0.4) is 0 Å². The van der Waals surface area contributed by atoms with Crippen molar-refractivity contribution in [2.75, 3.05) is 7.11 Å². The molecule has 0 radical (unpaired) electrons. The largest absolute Gasteiger partial charge is 0.469 e. The van der Waals surface area contributed by atoms with Crippen molar-refractivity contribution in [3.63, 3.8) is 0 Å². The Morgan fingerprint density at radius 2 is 2.00 bits per heavy atom. The molecule has 0 aliphatic rings. The minimum absolute atomic E-state index is 0.0232. The van der Waals surface area contributed by atoms with Gasteiger partial charge in [-0.3, -0.25) is 4.79 Å². The molecule has 0 rings (SSSR count). The number of ether oxygens (including phenoxy) is 1. The van der Waals surface area contributed by atoms with Gasteiger partial charge in [0.1, 0.15) is 0 Å². The molecule has 2 atom stereocenters. The topological polar surface area (TPSA) is 52.3 Å². The minimum atomic E-state index is -0.138. The summed E-state index contributed by atoms with van der Waals surface area (Å²) in [7, 11) is 1.42. The van der Waals surface area contributed by atoms with E-state index in [0.29, 0.717) is 0 Å². The fourth-order valence-electron chi connectivity index (χ4n) is 1.13. The number of hydrogen-bond donors (Lipinski definition) is 1. The van der Waals surface area contributed by atoms with Gasteiger partial charge in [-0.1, -0.05) is 13.8 Å². The van der Waals surface area contributed by atoms with Crippen LogP contribution >= 0.6 is 0 Å². The molecule has 0 heterocycles. The number of rotatable bonds is 5. The highest BCUT2D eigenvalue weighted by Crippen LogP contribution is 2.13. The first kappa shape index (κ1) is 11.4. The van der Waals surface area contributed by atoms with Gasteiger partial charge >= 0.3 is 5.97 Å². The Hall–Kier alpha value is -0.570. The predicted octanol–water partition coefficient (Wildman–Crippen LogP) is 1.31. The molecule has 12 heavy (non-hydrogen) atoms. The van der Waals surface area contributed by atoms with Crippen LogP contribution in [0.15, 0.2) is 0 Å². The molecular formula is C9H19NO2. The average molecular weight is 173 g/mol. The van der Waals surface area contributed by atoms with Crippen LogP contribution in [0.1, 0.15) is 33.1 Å². The summed E-state index contributed by atoms with van der Waals surface area (Å²) in [5.74, 6) is -0.161. The summed E-state index contributed by atoms with van der Waals surface area (Å²) in [4.78, 5) is 11.1. The number of methoxy groups -OCH3 is 1. The van der Waals surface area contributed by atoms with Gasteiger partial charge in [-0.2, -0.15) is 0 Å². The number of hydrogen-bond acceptors (Lipinski definition) is 3. The number of nitrogens with two attached hydrogens (primary N) is 1. The van der Waals surface area contributed by atoms with Gasteiger partial charge in [-0.15, -0.1) is 0 Å². The molecule has 0 amide bonds. The van der Waals surface area contributed by atoms with Gasteiger partial charge in [-0.25, -0.2) is 0 Å². The van der Waals surface area contributed by atoms with Crippen molar-refractivity contribution < 1.29 is 9.53 Å². The van der Waals surface area contributed by atoms with Crippen molar-refractivity contribution in [2.24, 2.45) is 11.7 Å². The van der Waals surface area contributed by atoms with Crippen LogP contribution in [0, 0.1) is 5.92 Å². The molecule has 0 aromatic rings.